The van der Waals surface area contributed by atoms with Gasteiger partial charge in [0.05, 0.1) is 19.4 Å². The van der Waals surface area contributed by atoms with Crippen LogP contribution in [0.1, 0.15) is 11.1 Å². The molecule has 2 aromatic rings. The van der Waals surface area contributed by atoms with Crippen molar-refractivity contribution in [3.63, 3.8) is 0 Å². The monoisotopic (exact) mass is 350 g/mol. The number of hydrogen-bond acceptors (Lipinski definition) is 5. The first-order valence-electron chi connectivity index (χ1n) is 7.71. The minimum absolute atomic E-state index is 0.0767. The number of hydrogen-bond donors (Lipinski definition) is 3. The summed E-state index contributed by atoms with van der Waals surface area (Å²) in [4.78, 5) is 14.1. The van der Waals surface area contributed by atoms with Crippen LogP contribution < -0.4 is 10.1 Å². The first-order valence-corrected chi connectivity index (χ1v) is 9.74. The maximum absolute atomic E-state index is 12.2. The highest BCUT2D eigenvalue weighted by Gasteiger charge is 2.23. The number of nitrogens with zero attached hydrogens (tertiary/aromatic N) is 1. The number of benzene rings is 1. The van der Waals surface area contributed by atoms with Crippen LogP contribution >= 0.6 is 7.37 Å². The van der Waals surface area contributed by atoms with Crippen molar-refractivity contribution >= 4 is 7.37 Å². The van der Waals surface area contributed by atoms with Crippen molar-refractivity contribution in [1.29, 1.82) is 0 Å². The number of ether oxygens (including phenoxy) is 1. The van der Waals surface area contributed by atoms with Crippen molar-refractivity contribution in [2.45, 2.75) is 18.8 Å². The second kappa shape index (κ2) is 8.94. The molecular weight excluding hydrogens is 327 g/mol. The average molecular weight is 350 g/mol. The second-order valence-electron chi connectivity index (χ2n) is 5.67. The number of methoxy groups -OCH3 is 1. The van der Waals surface area contributed by atoms with Crippen molar-refractivity contribution in [3.05, 3.63) is 59.8 Å². The second-order valence-corrected chi connectivity index (χ2v) is 8.04. The lowest BCUT2D eigenvalue weighted by Gasteiger charge is -2.17. The van der Waals surface area contributed by atoms with E-state index in [1.807, 2.05) is 36.4 Å². The first kappa shape index (κ1) is 18.6. The van der Waals surface area contributed by atoms with E-state index in [0.29, 0.717) is 12.4 Å². The fourth-order valence-electron chi connectivity index (χ4n) is 2.35. The van der Waals surface area contributed by atoms with E-state index in [2.05, 4.69) is 10.3 Å². The Balaban J connectivity index is 1.75. The molecule has 24 heavy (non-hydrogen) atoms. The zero-order chi connectivity index (χ0) is 17.4. The highest BCUT2D eigenvalue weighted by molar-refractivity contribution is 7.57. The first-order chi connectivity index (χ1) is 11.5. The minimum Gasteiger partial charge on any atom is -0.481 e. The van der Waals surface area contributed by atoms with Gasteiger partial charge >= 0.3 is 0 Å². The molecule has 0 fully saturated rings. The number of aliphatic hydroxyl groups is 1. The molecule has 3 N–H and O–H groups in total. The van der Waals surface area contributed by atoms with E-state index < -0.39 is 13.5 Å². The van der Waals surface area contributed by atoms with Crippen LogP contribution in [-0.2, 0) is 17.3 Å². The molecule has 130 valence electrons. The van der Waals surface area contributed by atoms with Gasteiger partial charge in [-0.15, -0.1) is 0 Å². The predicted octanol–water partition coefficient (Wildman–Crippen LogP) is 2.01. The number of aromatic nitrogens is 1. The van der Waals surface area contributed by atoms with Gasteiger partial charge in [-0.3, -0.25) is 4.57 Å². The van der Waals surface area contributed by atoms with Crippen molar-refractivity contribution in [3.8, 4) is 5.88 Å². The quantitative estimate of drug-likeness (QED) is 0.599. The Morgan fingerprint density at radius 2 is 1.96 bits per heavy atom. The van der Waals surface area contributed by atoms with Gasteiger partial charge in [0.25, 0.3) is 0 Å². The Kier molecular flexibility index (Phi) is 6.94. The molecule has 0 aliphatic heterocycles. The largest absolute Gasteiger partial charge is 0.481 e. The maximum Gasteiger partial charge on any atom is 0.212 e. The van der Waals surface area contributed by atoms with Gasteiger partial charge < -0.3 is 20.1 Å². The molecule has 0 aliphatic rings. The van der Waals surface area contributed by atoms with Gasteiger partial charge in [-0.2, -0.15) is 0 Å². The predicted molar refractivity (Wildman–Crippen MR) is 93.3 cm³/mol. The molecular formula is C17H23N2O4P. The molecule has 1 aromatic carbocycles. The molecule has 6 nitrogen and oxygen atoms in total. The summed E-state index contributed by atoms with van der Waals surface area (Å²) in [5, 5.41) is 13.1. The molecule has 1 heterocycles. The molecule has 2 atom stereocenters. The van der Waals surface area contributed by atoms with Crippen LogP contribution in [0.5, 0.6) is 5.88 Å². The zero-order valence-corrected chi connectivity index (χ0v) is 14.5. The Morgan fingerprint density at radius 1 is 1.21 bits per heavy atom. The van der Waals surface area contributed by atoms with Crippen molar-refractivity contribution < 1.29 is 19.3 Å². The molecule has 7 heteroatoms. The number of rotatable bonds is 9. The van der Waals surface area contributed by atoms with Gasteiger partial charge in [0.15, 0.2) is 0 Å². The highest BCUT2D eigenvalue weighted by atomic mass is 31.2. The summed E-state index contributed by atoms with van der Waals surface area (Å²) < 4.78 is 17.2. The van der Waals surface area contributed by atoms with Crippen LogP contribution in [0, 0.1) is 0 Å². The van der Waals surface area contributed by atoms with Crippen molar-refractivity contribution in [2.75, 3.05) is 19.8 Å². The van der Waals surface area contributed by atoms with Crippen LogP contribution in [0.2, 0.25) is 0 Å². The highest BCUT2D eigenvalue weighted by Crippen LogP contribution is 2.44. The van der Waals surface area contributed by atoms with Crippen molar-refractivity contribution in [1.82, 2.24) is 10.3 Å². The summed E-state index contributed by atoms with van der Waals surface area (Å²) >= 11 is 0. The van der Waals surface area contributed by atoms with Gasteiger partial charge in [-0.25, -0.2) is 4.98 Å². The van der Waals surface area contributed by atoms with Gasteiger partial charge in [-0.05, 0) is 11.1 Å². The van der Waals surface area contributed by atoms with Gasteiger partial charge in [0.1, 0.15) is 0 Å². The summed E-state index contributed by atoms with van der Waals surface area (Å²) in [6, 6.07) is 12.8. The zero-order valence-electron chi connectivity index (χ0n) is 13.6. The Hall–Kier alpha value is -1.72. The SMILES string of the molecule is COc1ccc(CNC[C@@H](O)CP(=O)(O)Cc2ccccc2)cn1. The summed E-state index contributed by atoms with van der Waals surface area (Å²) in [5.74, 6) is 0.543. The Labute approximate surface area is 142 Å². The fourth-order valence-corrected chi connectivity index (χ4v) is 4.04. The average Bonchev–Trinajstić information content (AvgIpc) is 2.55. The van der Waals surface area contributed by atoms with Gasteiger partial charge in [0.2, 0.25) is 13.2 Å². The number of nitrogens with one attached hydrogen (secondary N) is 1. The summed E-state index contributed by atoms with van der Waals surface area (Å²) in [5.41, 5.74) is 1.74. The van der Waals surface area contributed by atoms with E-state index >= 15 is 0 Å². The fraction of sp³-hybridized carbons (Fsp3) is 0.353. The van der Waals surface area contributed by atoms with Crippen LogP contribution in [0.3, 0.4) is 0 Å². The Morgan fingerprint density at radius 3 is 2.58 bits per heavy atom. The molecule has 2 rings (SSSR count). The summed E-state index contributed by atoms with van der Waals surface area (Å²) in [6.45, 7) is 0.758. The van der Waals surface area contributed by atoms with Crippen LogP contribution in [0.25, 0.3) is 0 Å². The van der Waals surface area contributed by atoms with Gasteiger partial charge in [0, 0.05) is 31.5 Å². The lowest BCUT2D eigenvalue weighted by atomic mass is 10.2. The summed E-state index contributed by atoms with van der Waals surface area (Å²) in [6.07, 6.45) is 0.754. The molecule has 0 radical (unpaired) electrons. The normalized spacial score (nSPS) is 14.8. The molecule has 1 aromatic heterocycles. The standard InChI is InChI=1S/C17H23N2O4P/c1-23-17-8-7-15(10-19-17)9-18-11-16(20)13-24(21,22)12-14-5-3-2-4-6-14/h2-8,10,16,18,20H,9,11-13H2,1H3,(H,21,22)/t16-/m1/s1. The van der Waals surface area contributed by atoms with E-state index in [1.54, 1.807) is 19.4 Å². The number of aliphatic hydroxyl groups excluding tert-OH is 1. The van der Waals surface area contributed by atoms with Crippen molar-refractivity contribution in [2.24, 2.45) is 0 Å². The van der Waals surface area contributed by atoms with Gasteiger partial charge in [-0.1, -0.05) is 36.4 Å². The van der Waals surface area contributed by atoms with E-state index in [-0.39, 0.29) is 18.9 Å². The van der Waals surface area contributed by atoms with E-state index in [4.69, 9.17) is 4.74 Å². The molecule has 0 bridgehead atoms. The molecule has 0 saturated heterocycles. The molecule has 0 spiro atoms. The minimum atomic E-state index is -3.41. The van der Waals surface area contributed by atoms with E-state index in [1.165, 1.54) is 0 Å². The molecule has 0 aliphatic carbocycles. The van der Waals surface area contributed by atoms with Crippen LogP contribution in [0.15, 0.2) is 48.7 Å². The van der Waals surface area contributed by atoms with E-state index in [0.717, 1.165) is 11.1 Å². The van der Waals surface area contributed by atoms with E-state index in [9.17, 15) is 14.6 Å². The Bertz CT molecular complexity index is 664. The third kappa shape index (κ3) is 6.42. The maximum atomic E-state index is 12.2. The lowest BCUT2D eigenvalue weighted by Crippen LogP contribution is -2.29. The third-order valence-electron chi connectivity index (χ3n) is 3.48. The van der Waals surface area contributed by atoms with Crippen LogP contribution in [-0.4, -0.2) is 40.9 Å². The molecule has 0 amide bonds. The lowest BCUT2D eigenvalue weighted by molar-refractivity contribution is 0.190. The smallest absolute Gasteiger partial charge is 0.212 e. The third-order valence-corrected chi connectivity index (χ3v) is 5.34. The number of pyridine rings is 1. The topological polar surface area (TPSA) is 91.7 Å². The summed E-state index contributed by atoms with van der Waals surface area (Å²) in [7, 11) is -1.86. The molecule has 1 unspecified atom stereocenters. The van der Waals surface area contributed by atoms with Crippen LogP contribution in [0.4, 0.5) is 0 Å². The molecule has 0 saturated carbocycles.